The predicted molar refractivity (Wildman–Crippen MR) is 110 cm³/mol. The fraction of sp³-hybridized carbons (Fsp3) is 0.455. The van der Waals surface area contributed by atoms with Crippen molar-refractivity contribution in [1.29, 1.82) is 0 Å². The Labute approximate surface area is 166 Å². The van der Waals surface area contributed by atoms with Gasteiger partial charge in [-0.3, -0.25) is 0 Å². The van der Waals surface area contributed by atoms with Crippen molar-refractivity contribution in [3.05, 3.63) is 54.0 Å². The van der Waals surface area contributed by atoms with Gasteiger partial charge in [-0.25, -0.2) is 18.7 Å². The number of nitrogens with zero attached hydrogens (tertiary/aromatic N) is 2. The number of unbranched alkanes of at least 4 members (excludes halogenated alkanes) is 1. The van der Waals surface area contributed by atoms with Crippen LogP contribution in [0.3, 0.4) is 0 Å². The molecule has 6 heteroatoms. The van der Waals surface area contributed by atoms with Crippen molar-refractivity contribution >= 4 is 11.9 Å². The van der Waals surface area contributed by atoms with Gasteiger partial charge in [0, 0.05) is 18.5 Å². The summed E-state index contributed by atoms with van der Waals surface area (Å²) in [5, 5.41) is 3.26. The smallest absolute Gasteiger partial charge is 0.273 e. The first-order valence-electron chi connectivity index (χ1n) is 9.84. The van der Waals surface area contributed by atoms with Gasteiger partial charge in [0.25, 0.3) is 5.92 Å². The lowest BCUT2D eigenvalue weighted by Crippen LogP contribution is -2.15. The van der Waals surface area contributed by atoms with Gasteiger partial charge in [-0.15, -0.1) is 0 Å². The Balaban J connectivity index is 1.98. The summed E-state index contributed by atoms with van der Waals surface area (Å²) in [4.78, 5) is 8.58. The van der Waals surface area contributed by atoms with Gasteiger partial charge >= 0.3 is 0 Å². The first-order chi connectivity index (χ1) is 13.5. The average Bonchev–Trinajstić information content (AvgIpc) is 2.72. The Hall–Kier alpha value is -2.50. The van der Waals surface area contributed by atoms with Crippen LogP contribution in [-0.2, 0) is 12.3 Å². The van der Waals surface area contributed by atoms with Crippen LogP contribution in [-0.4, -0.2) is 23.1 Å². The molecule has 1 aromatic heterocycles. The van der Waals surface area contributed by atoms with Gasteiger partial charge in [0.05, 0.1) is 12.8 Å². The number of rotatable bonds is 12. The van der Waals surface area contributed by atoms with E-state index in [1.54, 1.807) is 30.5 Å². The van der Waals surface area contributed by atoms with Crippen molar-refractivity contribution in [2.24, 2.45) is 0 Å². The molecule has 1 N–H and O–H groups in total. The standard InChI is InChI=1S/C22H29F2N3O/c1-4-7-14-25-21-19(16-26-20(5-2)27-21)28-15-10-12-17-11-8-9-13-18(17)22(23,24)6-3/h5,8-9,11,13,16H,2,4,6-7,10,12,14-15H2,1,3H3,(H,25,26,27). The number of nitrogens with one attached hydrogen (secondary N) is 1. The van der Waals surface area contributed by atoms with Crippen LogP contribution in [0.15, 0.2) is 37.0 Å². The molecular weight excluding hydrogens is 360 g/mol. The molecular formula is C22H29F2N3O. The Kier molecular flexibility index (Phi) is 8.36. The molecule has 0 unspecified atom stereocenters. The van der Waals surface area contributed by atoms with E-state index < -0.39 is 5.92 Å². The first-order valence-corrected chi connectivity index (χ1v) is 9.84. The summed E-state index contributed by atoms with van der Waals surface area (Å²) in [6.45, 7) is 8.49. The van der Waals surface area contributed by atoms with E-state index >= 15 is 0 Å². The van der Waals surface area contributed by atoms with Crippen molar-refractivity contribution in [2.45, 2.75) is 51.9 Å². The molecule has 0 aliphatic heterocycles. The lowest BCUT2D eigenvalue weighted by molar-refractivity contribution is -0.00920. The topological polar surface area (TPSA) is 47.0 Å². The van der Waals surface area contributed by atoms with Gasteiger partial charge in [-0.05, 0) is 30.9 Å². The molecule has 28 heavy (non-hydrogen) atoms. The zero-order valence-corrected chi connectivity index (χ0v) is 16.7. The maximum atomic E-state index is 14.1. The summed E-state index contributed by atoms with van der Waals surface area (Å²) in [5.74, 6) is -1.07. The zero-order valence-electron chi connectivity index (χ0n) is 16.7. The van der Waals surface area contributed by atoms with Gasteiger partial charge in [-0.1, -0.05) is 51.1 Å². The number of hydrogen-bond donors (Lipinski definition) is 1. The van der Waals surface area contributed by atoms with Gasteiger partial charge in [0.1, 0.15) is 0 Å². The number of anilines is 1. The van der Waals surface area contributed by atoms with Gasteiger partial charge in [0.2, 0.25) is 0 Å². The van der Waals surface area contributed by atoms with Gasteiger partial charge < -0.3 is 10.1 Å². The summed E-state index contributed by atoms with van der Waals surface area (Å²) in [7, 11) is 0. The van der Waals surface area contributed by atoms with Crippen LogP contribution >= 0.6 is 0 Å². The number of hydrogen-bond acceptors (Lipinski definition) is 4. The van der Waals surface area contributed by atoms with Crippen LogP contribution in [0, 0.1) is 0 Å². The van der Waals surface area contributed by atoms with Gasteiger partial charge in [-0.2, -0.15) is 0 Å². The molecule has 1 heterocycles. The number of aromatic nitrogens is 2. The minimum absolute atomic E-state index is 0.109. The number of alkyl halides is 2. The van der Waals surface area contributed by atoms with E-state index in [1.165, 1.54) is 13.0 Å². The maximum absolute atomic E-state index is 14.1. The molecule has 0 bridgehead atoms. The van der Waals surface area contributed by atoms with Crippen LogP contribution in [0.2, 0.25) is 0 Å². The fourth-order valence-corrected chi connectivity index (χ4v) is 2.83. The number of benzene rings is 1. The highest BCUT2D eigenvalue weighted by Crippen LogP contribution is 2.34. The maximum Gasteiger partial charge on any atom is 0.273 e. The van der Waals surface area contributed by atoms with Crippen molar-refractivity contribution in [2.75, 3.05) is 18.5 Å². The van der Waals surface area contributed by atoms with Crippen LogP contribution in [0.5, 0.6) is 5.75 Å². The molecule has 1 aromatic carbocycles. The number of aryl methyl sites for hydroxylation is 1. The summed E-state index contributed by atoms with van der Waals surface area (Å²) in [5.41, 5.74) is 0.774. The minimum Gasteiger partial charge on any atom is -0.488 e. The van der Waals surface area contributed by atoms with Crippen LogP contribution in [0.1, 0.15) is 56.5 Å². The molecule has 0 amide bonds. The van der Waals surface area contributed by atoms with E-state index in [0.29, 0.717) is 42.4 Å². The summed E-state index contributed by atoms with van der Waals surface area (Å²) >= 11 is 0. The SMILES string of the molecule is C=Cc1ncc(OCCCc2ccccc2C(F)(F)CC)c(NCCCC)n1. The predicted octanol–water partition coefficient (Wildman–Crippen LogP) is 5.85. The molecule has 2 rings (SSSR count). The highest BCUT2D eigenvalue weighted by molar-refractivity contribution is 5.52. The Morgan fingerprint density at radius 3 is 2.71 bits per heavy atom. The summed E-state index contributed by atoms with van der Waals surface area (Å²) in [6, 6.07) is 6.73. The van der Waals surface area contributed by atoms with Gasteiger partial charge in [0.15, 0.2) is 17.4 Å². The third-order valence-electron chi connectivity index (χ3n) is 4.48. The van der Waals surface area contributed by atoms with Crippen molar-refractivity contribution in [1.82, 2.24) is 9.97 Å². The third-order valence-corrected chi connectivity index (χ3v) is 4.48. The Morgan fingerprint density at radius 1 is 1.21 bits per heavy atom. The molecule has 0 fully saturated rings. The molecule has 0 saturated carbocycles. The monoisotopic (exact) mass is 389 g/mol. The lowest BCUT2D eigenvalue weighted by Gasteiger charge is -2.18. The van der Waals surface area contributed by atoms with Crippen molar-refractivity contribution in [3.8, 4) is 5.75 Å². The molecule has 0 aliphatic rings. The molecule has 0 atom stereocenters. The van der Waals surface area contributed by atoms with Crippen molar-refractivity contribution in [3.63, 3.8) is 0 Å². The summed E-state index contributed by atoms with van der Waals surface area (Å²) in [6.07, 6.45) is 6.24. The highest BCUT2D eigenvalue weighted by Gasteiger charge is 2.30. The second kappa shape index (κ2) is 10.7. The summed E-state index contributed by atoms with van der Waals surface area (Å²) < 4.78 is 34.1. The van der Waals surface area contributed by atoms with Crippen LogP contribution in [0.25, 0.3) is 6.08 Å². The minimum atomic E-state index is -2.80. The number of ether oxygens (including phenoxy) is 1. The third kappa shape index (κ3) is 6.01. The molecule has 0 radical (unpaired) electrons. The fourth-order valence-electron chi connectivity index (χ4n) is 2.83. The number of halogens is 2. The van der Waals surface area contributed by atoms with Crippen LogP contribution in [0.4, 0.5) is 14.6 Å². The van der Waals surface area contributed by atoms with E-state index in [1.807, 2.05) is 0 Å². The van der Waals surface area contributed by atoms with E-state index in [4.69, 9.17) is 4.74 Å². The van der Waals surface area contributed by atoms with E-state index in [-0.39, 0.29) is 12.0 Å². The first kappa shape index (κ1) is 21.8. The Bertz CT molecular complexity index is 765. The largest absolute Gasteiger partial charge is 0.488 e. The Morgan fingerprint density at radius 2 is 2.00 bits per heavy atom. The van der Waals surface area contributed by atoms with Crippen LogP contribution < -0.4 is 10.1 Å². The van der Waals surface area contributed by atoms with E-state index in [2.05, 4.69) is 28.8 Å². The van der Waals surface area contributed by atoms with E-state index in [9.17, 15) is 8.78 Å². The molecule has 2 aromatic rings. The van der Waals surface area contributed by atoms with Crippen molar-refractivity contribution < 1.29 is 13.5 Å². The second-order valence-corrected chi connectivity index (χ2v) is 6.59. The molecule has 4 nitrogen and oxygen atoms in total. The molecule has 152 valence electrons. The zero-order chi connectivity index (χ0) is 20.4. The molecule has 0 saturated heterocycles. The quantitative estimate of drug-likeness (QED) is 0.463. The lowest BCUT2D eigenvalue weighted by atomic mass is 9.97. The van der Waals surface area contributed by atoms with E-state index in [0.717, 1.165) is 19.4 Å². The normalized spacial score (nSPS) is 11.3. The molecule has 0 aliphatic carbocycles. The molecule has 0 spiro atoms. The second-order valence-electron chi connectivity index (χ2n) is 6.59. The highest BCUT2D eigenvalue weighted by atomic mass is 19.3. The average molecular weight is 389 g/mol.